The third-order valence-corrected chi connectivity index (χ3v) is 5.80. The lowest BCUT2D eigenvalue weighted by Crippen LogP contribution is -2.14. The molecule has 8 heteroatoms. The quantitative estimate of drug-likeness (QED) is 0.348. The Morgan fingerprint density at radius 2 is 1.94 bits per heavy atom. The molecule has 0 radical (unpaired) electrons. The van der Waals surface area contributed by atoms with E-state index in [4.69, 9.17) is 16.0 Å². The van der Waals surface area contributed by atoms with Crippen molar-refractivity contribution in [3.8, 4) is 17.4 Å². The third kappa shape index (κ3) is 4.12. The lowest BCUT2D eigenvalue weighted by Gasteiger charge is -2.19. The van der Waals surface area contributed by atoms with E-state index in [0.29, 0.717) is 39.0 Å². The molecule has 0 spiro atoms. The van der Waals surface area contributed by atoms with Crippen LogP contribution in [0.5, 0.6) is 0 Å². The average Bonchev–Trinajstić information content (AvgIpc) is 2.82. The van der Waals surface area contributed by atoms with E-state index < -0.39 is 12.0 Å². The molecule has 1 atom stereocenters. The molecule has 7 nitrogen and oxygen atoms in total. The van der Waals surface area contributed by atoms with Gasteiger partial charge in [0.15, 0.2) is 11.1 Å². The molecule has 0 saturated heterocycles. The van der Waals surface area contributed by atoms with Gasteiger partial charge in [-0.05, 0) is 56.7 Å². The van der Waals surface area contributed by atoms with Crippen molar-refractivity contribution in [3.05, 3.63) is 91.9 Å². The summed E-state index contributed by atoms with van der Waals surface area (Å²) in [5.74, 6) is -0.893. The van der Waals surface area contributed by atoms with Gasteiger partial charge in [0.05, 0.1) is 28.7 Å². The Morgan fingerprint density at radius 1 is 1.21 bits per heavy atom. The van der Waals surface area contributed by atoms with E-state index in [1.165, 1.54) is 6.07 Å². The minimum Gasteiger partial charge on any atom is -0.476 e. The van der Waals surface area contributed by atoms with E-state index in [1.807, 2.05) is 19.9 Å². The number of carboxylic acids is 1. The number of aromatic carboxylic acids is 1. The summed E-state index contributed by atoms with van der Waals surface area (Å²) < 4.78 is 6.30. The zero-order chi connectivity index (χ0) is 24.6. The number of aromatic nitrogens is 1. The maximum Gasteiger partial charge on any atom is 0.356 e. The van der Waals surface area contributed by atoms with Crippen LogP contribution in [0.4, 0.5) is 5.69 Å². The van der Waals surface area contributed by atoms with Crippen molar-refractivity contribution < 1.29 is 14.3 Å². The summed E-state index contributed by atoms with van der Waals surface area (Å²) in [7, 11) is 0. The fourth-order valence-electron chi connectivity index (χ4n) is 3.95. The van der Waals surface area contributed by atoms with Crippen molar-refractivity contribution in [1.29, 1.82) is 5.26 Å². The van der Waals surface area contributed by atoms with Gasteiger partial charge >= 0.3 is 5.97 Å². The van der Waals surface area contributed by atoms with Crippen molar-refractivity contribution in [2.24, 2.45) is 0 Å². The Hall–Kier alpha value is -4.15. The Bertz CT molecular complexity index is 1550. The van der Waals surface area contributed by atoms with Gasteiger partial charge in [-0.2, -0.15) is 5.26 Å². The number of nitriles is 1. The minimum absolute atomic E-state index is 0.0684. The Kier molecular flexibility index (Phi) is 6.10. The summed E-state index contributed by atoms with van der Waals surface area (Å²) >= 11 is 5.87. The van der Waals surface area contributed by atoms with Gasteiger partial charge in [0.2, 0.25) is 0 Å². The second-order valence-electron chi connectivity index (χ2n) is 7.97. The molecule has 4 rings (SSSR count). The van der Waals surface area contributed by atoms with E-state index in [9.17, 15) is 20.0 Å². The summed E-state index contributed by atoms with van der Waals surface area (Å²) in [5.41, 5.74) is 3.08. The van der Waals surface area contributed by atoms with Gasteiger partial charge < -0.3 is 14.8 Å². The number of carboxylic acid groups (broad SMARTS) is 1. The van der Waals surface area contributed by atoms with E-state index >= 15 is 0 Å². The van der Waals surface area contributed by atoms with E-state index in [0.717, 1.165) is 5.56 Å². The van der Waals surface area contributed by atoms with Crippen molar-refractivity contribution in [1.82, 2.24) is 4.98 Å². The zero-order valence-corrected chi connectivity index (χ0v) is 19.4. The number of pyridine rings is 1. The minimum atomic E-state index is -1.22. The molecule has 2 aromatic heterocycles. The molecule has 2 aromatic carbocycles. The van der Waals surface area contributed by atoms with Crippen LogP contribution in [-0.4, -0.2) is 16.1 Å². The number of rotatable bonds is 5. The SMILES string of the molecule is Cc1cc([C@@H](C)Nc2ccc(Cl)nc2C(=O)O)c2oc(-c3ccccc3C#N)c(C)c(=O)c2c1. The number of hydrogen-bond donors (Lipinski definition) is 2. The first kappa shape index (κ1) is 23.0. The predicted octanol–water partition coefficient (Wildman–Crippen LogP) is 5.87. The van der Waals surface area contributed by atoms with Gasteiger partial charge in [-0.25, -0.2) is 9.78 Å². The smallest absolute Gasteiger partial charge is 0.356 e. The normalized spacial score (nSPS) is 11.7. The first-order valence-electron chi connectivity index (χ1n) is 10.4. The molecule has 0 saturated carbocycles. The van der Waals surface area contributed by atoms with Gasteiger partial charge in [-0.1, -0.05) is 29.8 Å². The molecular formula is C26H20ClN3O4. The van der Waals surface area contributed by atoms with Crippen molar-refractivity contribution in [2.45, 2.75) is 26.8 Å². The van der Waals surface area contributed by atoms with Crippen LogP contribution < -0.4 is 10.7 Å². The van der Waals surface area contributed by atoms with Crippen LogP contribution in [0.25, 0.3) is 22.3 Å². The third-order valence-electron chi connectivity index (χ3n) is 5.59. The molecule has 0 aliphatic heterocycles. The van der Waals surface area contributed by atoms with Crippen LogP contribution in [0, 0.1) is 25.2 Å². The highest BCUT2D eigenvalue weighted by Crippen LogP contribution is 2.33. The average molecular weight is 474 g/mol. The Morgan fingerprint density at radius 3 is 2.65 bits per heavy atom. The number of fused-ring (bicyclic) bond motifs is 1. The van der Waals surface area contributed by atoms with Gasteiger partial charge in [0.25, 0.3) is 0 Å². The molecule has 2 N–H and O–H groups in total. The van der Waals surface area contributed by atoms with Gasteiger partial charge in [0, 0.05) is 16.7 Å². The van der Waals surface area contributed by atoms with Crippen molar-refractivity contribution in [2.75, 3.05) is 5.32 Å². The molecule has 0 bridgehead atoms. The van der Waals surface area contributed by atoms with Crippen LogP contribution in [0.3, 0.4) is 0 Å². The fraction of sp³-hybridized carbons (Fsp3) is 0.154. The molecule has 0 aliphatic carbocycles. The number of anilines is 1. The largest absolute Gasteiger partial charge is 0.476 e. The number of carbonyl (C=O) groups is 1. The van der Waals surface area contributed by atoms with Crippen LogP contribution >= 0.6 is 11.6 Å². The van der Waals surface area contributed by atoms with Crippen LogP contribution in [0.1, 0.15) is 45.7 Å². The van der Waals surface area contributed by atoms with Crippen LogP contribution in [0.15, 0.2) is 57.7 Å². The molecule has 0 fully saturated rings. The second kappa shape index (κ2) is 9.00. The molecule has 34 heavy (non-hydrogen) atoms. The van der Waals surface area contributed by atoms with E-state index in [1.54, 1.807) is 43.3 Å². The monoisotopic (exact) mass is 473 g/mol. The highest BCUT2D eigenvalue weighted by atomic mass is 35.5. The number of hydrogen-bond acceptors (Lipinski definition) is 6. The molecule has 4 aromatic rings. The molecular weight excluding hydrogens is 454 g/mol. The molecule has 2 heterocycles. The predicted molar refractivity (Wildman–Crippen MR) is 130 cm³/mol. The zero-order valence-electron chi connectivity index (χ0n) is 18.6. The maximum atomic E-state index is 13.3. The summed E-state index contributed by atoms with van der Waals surface area (Å²) in [5, 5.41) is 22.7. The van der Waals surface area contributed by atoms with Crippen molar-refractivity contribution in [3.63, 3.8) is 0 Å². The number of nitrogens with zero attached hydrogens (tertiary/aromatic N) is 2. The Labute approximate surface area is 200 Å². The van der Waals surface area contributed by atoms with Gasteiger partial charge in [0.1, 0.15) is 16.5 Å². The van der Waals surface area contributed by atoms with Crippen LogP contribution in [-0.2, 0) is 0 Å². The summed E-state index contributed by atoms with van der Waals surface area (Å²) in [4.78, 5) is 28.9. The molecule has 0 unspecified atom stereocenters. The molecule has 0 aliphatic rings. The molecule has 170 valence electrons. The fourth-order valence-corrected chi connectivity index (χ4v) is 4.10. The van der Waals surface area contributed by atoms with E-state index in [2.05, 4.69) is 16.4 Å². The number of aryl methyl sites for hydroxylation is 1. The highest BCUT2D eigenvalue weighted by molar-refractivity contribution is 6.29. The number of benzene rings is 2. The summed E-state index contributed by atoms with van der Waals surface area (Å²) in [6.07, 6.45) is 0. The number of halogens is 1. The summed E-state index contributed by atoms with van der Waals surface area (Å²) in [6.45, 7) is 5.38. The standard InChI is InChI=1S/C26H20ClN3O4/c1-13-10-18(15(3)29-20-8-9-21(27)30-22(20)26(32)33)25-19(11-13)23(31)14(2)24(34-25)17-7-5-4-6-16(17)12-28/h4-11,15,29H,1-3H3,(H,32,33)/t15-/m1/s1. The van der Waals surface area contributed by atoms with Gasteiger partial charge in [-0.3, -0.25) is 4.79 Å². The topological polar surface area (TPSA) is 116 Å². The summed E-state index contributed by atoms with van der Waals surface area (Å²) in [6, 6.07) is 15.3. The van der Waals surface area contributed by atoms with E-state index in [-0.39, 0.29) is 22.0 Å². The Balaban J connectivity index is 1.92. The first-order chi connectivity index (χ1) is 16.2. The van der Waals surface area contributed by atoms with Gasteiger partial charge in [-0.15, -0.1) is 0 Å². The lowest BCUT2D eigenvalue weighted by atomic mass is 9.97. The first-order valence-corrected chi connectivity index (χ1v) is 10.8. The van der Waals surface area contributed by atoms with Crippen molar-refractivity contribution >= 4 is 34.2 Å². The lowest BCUT2D eigenvalue weighted by molar-refractivity contribution is 0.0691. The molecule has 0 amide bonds. The highest BCUT2D eigenvalue weighted by Gasteiger charge is 2.21. The second-order valence-corrected chi connectivity index (χ2v) is 8.36. The van der Waals surface area contributed by atoms with Crippen LogP contribution in [0.2, 0.25) is 5.15 Å². The number of nitrogens with one attached hydrogen (secondary N) is 1. The maximum absolute atomic E-state index is 13.3.